The van der Waals surface area contributed by atoms with Crippen LogP contribution in [0.1, 0.15) is 32.3 Å². The van der Waals surface area contributed by atoms with E-state index in [9.17, 15) is 9.50 Å². The fraction of sp³-hybridized carbons (Fsp3) is 0.600. The van der Waals surface area contributed by atoms with Crippen molar-refractivity contribution in [3.8, 4) is 0 Å². The van der Waals surface area contributed by atoms with E-state index in [0.717, 1.165) is 43.7 Å². The highest BCUT2D eigenvalue weighted by Crippen LogP contribution is 2.29. The summed E-state index contributed by atoms with van der Waals surface area (Å²) in [5.74, 6) is -0.157. The van der Waals surface area contributed by atoms with Gasteiger partial charge in [-0.25, -0.2) is 4.39 Å². The van der Waals surface area contributed by atoms with Crippen LogP contribution in [0, 0.1) is 5.82 Å². The van der Waals surface area contributed by atoms with Crippen molar-refractivity contribution in [2.45, 2.75) is 38.8 Å². The average Bonchev–Trinajstić information content (AvgIpc) is 2.37. The molecule has 19 heavy (non-hydrogen) atoms. The number of rotatable bonds is 4. The first-order valence-corrected chi connectivity index (χ1v) is 6.99. The Labute approximate surface area is 114 Å². The smallest absolute Gasteiger partial charge is 0.129 e. The maximum atomic E-state index is 14.0. The van der Waals surface area contributed by atoms with E-state index in [1.807, 2.05) is 19.9 Å². The zero-order valence-corrected chi connectivity index (χ0v) is 11.7. The summed E-state index contributed by atoms with van der Waals surface area (Å²) in [4.78, 5) is 2.17. The molecule has 1 aromatic carbocycles. The van der Waals surface area contributed by atoms with Crippen LogP contribution in [0.4, 0.5) is 10.1 Å². The second-order valence-corrected chi connectivity index (χ2v) is 5.50. The minimum Gasteiger partial charge on any atom is -0.390 e. The number of benzene rings is 1. The number of aliphatic hydroxyl groups is 1. The van der Waals surface area contributed by atoms with Crippen LogP contribution >= 0.6 is 0 Å². The summed E-state index contributed by atoms with van der Waals surface area (Å²) in [6.45, 7) is 6.80. The molecule has 1 fully saturated rings. The zero-order valence-electron chi connectivity index (χ0n) is 11.7. The van der Waals surface area contributed by atoms with Crippen LogP contribution < -0.4 is 10.2 Å². The lowest BCUT2D eigenvalue weighted by atomic mass is 9.93. The molecule has 0 radical (unpaired) electrons. The van der Waals surface area contributed by atoms with Gasteiger partial charge >= 0.3 is 0 Å². The highest BCUT2D eigenvalue weighted by atomic mass is 19.1. The second-order valence-electron chi connectivity index (χ2n) is 5.50. The third kappa shape index (κ3) is 3.45. The van der Waals surface area contributed by atoms with Gasteiger partial charge in [-0.3, -0.25) is 0 Å². The van der Waals surface area contributed by atoms with Gasteiger partial charge in [-0.2, -0.15) is 0 Å². The van der Waals surface area contributed by atoms with Crippen LogP contribution in [0.2, 0.25) is 0 Å². The fourth-order valence-corrected chi connectivity index (χ4v) is 2.50. The average molecular weight is 266 g/mol. The molecule has 1 heterocycles. The molecule has 1 aliphatic heterocycles. The monoisotopic (exact) mass is 266 g/mol. The third-order valence-corrected chi connectivity index (χ3v) is 3.83. The van der Waals surface area contributed by atoms with Crippen molar-refractivity contribution in [1.29, 1.82) is 0 Å². The Morgan fingerprint density at radius 3 is 2.68 bits per heavy atom. The van der Waals surface area contributed by atoms with Gasteiger partial charge in [0.25, 0.3) is 0 Å². The van der Waals surface area contributed by atoms with Crippen molar-refractivity contribution in [3.05, 3.63) is 29.6 Å². The Bertz CT molecular complexity index is 424. The van der Waals surface area contributed by atoms with E-state index < -0.39 is 5.60 Å². The van der Waals surface area contributed by atoms with Gasteiger partial charge in [-0.05, 0) is 38.4 Å². The fourth-order valence-electron chi connectivity index (χ4n) is 2.50. The molecule has 2 rings (SSSR count). The highest BCUT2D eigenvalue weighted by molar-refractivity contribution is 5.54. The van der Waals surface area contributed by atoms with Crippen LogP contribution in [0.15, 0.2) is 18.2 Å². The van der Waals surface area contributed by atoms with Crippen molar-refractivity contribution in [2.24, 2.45) is 0 Å². The molecule has 0 spiro atoms. The first-order chi connectivity index (χ1) is 9.03. The summed E-state index contributed by atoms with van der Waals surface area (Å²) < 4.78 is 14.0. The van der Waals surface area contributed by atoms with Crippen molar-refractivity contribution in [1.82, 2.24) is 5.32 Å². The Balaban J connectivity index is 2.17. The first-order valence-electron chi connectivity index (χ1n) is 6.99. The summed E-state index contributed by atoms with van der Waals surface area (Å²) in [6.07, 6.45) is 1.45. The van der Waals surface area contributed by atoms with Crippen LogP contribution in [0.3, 0.4) is 0 Å². The Hall–Kier alpha value is -1.13. The number of nitrogens with zero attached hydrogens (tertiary/aromatic N) is 1. The van der Waals surface area contributed by atoms with Crippen LogP contribution in [-0.2, 0) is 6.54 Å². The molecule has 0 amide bonds. The molecule has 2 N–H and O–H groups in total. The standard InChI is InChI=1S/C15H23FN2O/c1-3-17-11-12-13(16)5-4-6-14(12)18-9-7-15(2,19)8-10-18/h4-6,17,19H,3,7-11H2,1-2H3. The topological polar surface area (TPSA) is 35.5 Å². The molecular weight excluding hydrogens is 243 g/mol. The van der Waals surface area contributed by atoms with E-state index in [-0.39, 0.29) is 5.82 Å². The van der Waals surface area contributed by atoms with Crippen LogP contribution in [0.25, 0.3) is 0 Å². The van der Waals surface area contributed by atoms with E-state index >= 15 is 0 Å². The van der Waals surface area contributed by atoms with E-state index in [1.54, 1.807) is 6.07 Å². The van der Waals surface area contributed by atoms with Crippen LogP contribution in [-0.4, -0.2) is 30.3 Å². The molecule has 0 aliphatic carbocycles. The van der Waals surface area contributed by atoms with Gasteiger partial charge in [0.05, 0.1) is 5.60 Å². The minimum absolute atomic E-state index is 0.157. The van der Waals surface area contributed by atoms with E-state index in [4.69, 9.17) is 0 Å². The largest absolute Gasteiger partial charge is 0.390 e. The molecule has 1 saturated heterocycles. The van der Waals surface area contributed by atoms with Crippen molar-refractivity contribution < 1.29 is 9.50 Å². The number of piperidine rings is 1. The van der Waals surface area contributed by atoms with Gasteiger partial charge in [-0.15, -0.1) is 0 Å². The molecular formula is C15H23FN2O. The molecule has 0 bridgehead atoms. The Morgan fingerprint density at radius 1 is 1.37 bits per heavy atom. The van der Waals surface area contributed by atoms with Crippen molar-refractivity contribution >= 4 is 5.69 Å². The molecule has 3 nitrogen and oxygen atoms in total. The number of anilines is 1. The van der Waals surface area contributed by atoms with E-state index in [2.05, 4.69) is 10.2 Å². The van der Waals surface area contributed by atoms with E-state index in [1.165, 1.54) is 6.07 Å². The van der Waals surface area contributed by atoms with Gasteiger partial charge < -0.3 is 15.3 Å². The quantitative estimate of drug-likeness (QED) is 0.877. The Morgan fingerprint density at radius 2 is 2.05 bits per heavy atom. The summed E-state index contributed by atoms with van der Waals surface area (Å²) in [7, 11) is 0. The summed E-state index contributed by atoms with van der Waals surface area (Å²) >= 11 is 0. The summed E-state index contributed by atoms with van der Waals surface area (Å²) in [5.41, 5.74) is 1.11. The van der Waals surface area contributed by atoms with Gasteiger partial charge in [0.15, 0.2) is 0 Å². The van der Waals surface area contributed by atoms with Crippen molar-refractivity contribution in [3.63, 3.8) is 0 Å². The number of hydrogen-bond donors (Lipinski definition) is 2. The lowest BCUT2D eigenvalue weighted by Gasteiger charge is -2.38. The molecule has 4 heteroatoms. The van der Waals surface area contributed by atoms with E-state index in [0.29, 0.717) is 6.54 Å². The van der Waals surface area contributed by atoms with Gasteiger partial charge in [0, 0.05) is 30.9 Å². The second kappa shape index (κ2) is 5.88. The normalized spacial score (nSPS) is 18.6. The molecule has 1 aromatic rings. The zero-order chi connectivity index (χ0) is 13.9. The molecule has 0 aromatic heterocycles. The number of halogens is 1. The predicted octanol–water partition coefficient (Wildman–Crippen LogP) is 2.29. The number of nitrogens with one attached hydrogen (secondary N) is 1. The van der Waals surface area contributed by atoms with Gasteiger partial charge in [-0.1, -0.05) is 13.0 Å². The maximum Gasteiger partial charge on any atom is 0.129 e. The minimum atomic E-state index is -0.578. The molecule has 0 unspecified atom stereocenters. The third-order valence-electron chi connectivity index (χ3n) is 3.83. The highest BCUT2D eigenvalue weighted by Gasteiger charge is 2.28. The van der Waals surface area contributed by atoms with Gasteiger partial charge in [0.2, 0.25) is 0 Å². The molecule has 0 atom stereocenters. The number of hydrogen-bond acceptors (Lipinski definition) is 3. The van der Waals surface area contributed by atoms with Crippen LogP contribution in [0.5, 0.6) is 0 Å². The molecule has 0 saturated carbocycles. The van der Waals surface area contributed by atoms with Crippen molar-refractivity contribution in [2.75, 3.05) is 24.5 Å². The summed E-state index contributed by atoms with van der Waals surface area (Å²) in [6, 6.07) is 5.24. The molecule has 106 valence electrons. The summed E-state index contributed by atoms with van der Waals surface area (Å²) in [5, 5.41) is 13.2. The lowest BCUT2D eigenvalue weighted by molar-refractivity contribution is 0.0351. The first kappa shape index (κ1) is 14.3. The maximum absolute atomic E-state index is 14.0. The molecule has 1 aliphatic rings. The predicted molar refractivity (Wildman–Crippen MR) is 75.9 cm³/mol. The Kier molecular flexibility index (Phi) is 4.42. The van der Waals surface area contributed by atoms with Gasteiger partial charge in [0.1, 0.15) is 5.82 Å². The lowest BCUT2D eigenvalue weighted by Crippen LogP contribution is -2.43. The SMILES string of the molecule is CCNCc1c(F)cccc1N1CCC(C)(O)CC1.